The maximum atomic E-state index is 4.72. The molecule has 182 valence electrons. The zero-order chi connectivity index (χ0) is 23.5. The molecular weight excluding hydrogens is 430 g/mol. The highest BCUT2D eigenvalue weighted by atomic mass is 15.2. The molecule has 3 N–H and O–H groups in total. The van der Waals surface area contributed by atoms with Crippen LogP contribution in [0, 0.1) is 0 Å². The third-order valence-electron chi connectivity index (χ3n) is 7.87. The van der Waals surface area contributed by atoms with Crippen molar-refractivity contribution in [1.29, 1.82) is 0 Å². The van der Waals surface area contributed by atoms with Crippen molar-refractivity contribution in [1.82, 2.24) is 25.8 Å². The van der Waals surface area contributed by atoms with Crippen molar-refractivity contribution < 1.29 is 0 Å². The minimum Gasteiger partial charge on any atom is -0.311 e. The largest absolute Gasteiger partial charge is 0.311 e. The first-order valence-electron chi connectivity index (χ1n) is 13.4. The van der Waals surface area contributed by atoms with Crippen molar-refractivity contribution in [3.63, 3.8) is 0 Å². The molecule has 2 heterocycles. The van der Waals surface area contributed by atoms with Crippen molar-refractivity contribution in [2.24, 2.45) is 0 Å². The van der Waals surface area contributed by atoms with Gasteiger partial charge in [0.2, 0.25) is 0 Å². The van der Waals surface area contributed by atoms with E-state index < -0.39 is 0 Å². The molecule has 0 unspecified atom stereocenters. The van der Waals surface area contributed by atoms with E-state index in [0.29, 0.717) is 0 Å². The van der Waals surface area contributed by atoms with Crippen LogP contribution in [-0.4, -0.2) is 49.2 Å². The summed E-state index contributed by atoms with van der Waals surface area (Å²) in [5.74, 6) is 0. The van der Waals surface area contributed by atoms with Crippen LogP contribution in [0.25, 0.3) is 5.57 Å². The summed E-state index contributed by atoms with van der Waals surface area (Å²) in [4.78, 5) is 7.29. The highest BCUT2D eigenvalue weighted by Gasteiger charge is 2.28. The quantitative estimate of drug-likeness (QED) is 0.588. The van der Waals surface area contributed by atoms with E-state index in [9.17, 15) is 0 Å². The molecule has 5 heteroatoms. The number of aromatic nitrogens is 1. The standard InChI is InChI=1S/C30H37N5/c1-3-22-7-8-24-9-10-25(28-12-11-23(4-1)29(22)30(24)28)19-31-13-16-35-17-14-32-20-26-5-2-6-27(34-26)21-33-15-18-35/h1-3,5-6,9-11,31-33H,4,7-8,12-21H2. The fourth-order valence-corrected chi connectivity index (χ4v) is 6.02. The van der Waals surface area contributed by atoms with E-state index in [1.54, 1.807) is 33.4 Å². The normalized spacial score (nSPS) is 20.1. The summed E-state index contributed by atoms with van der Waals surface area (Å²) < 4.78 is 0. The molecule has 6 rings (SSSR count). The molecule has 4 aliphatic rings. The van der Waals surface area contributed by atoms with Gasteiger partial charge in [-0.05, 0) is 76.8 Å². The van der Waals surface area contributed by atoms with Gasteiger partial charge in [-0.1, -0.05) is 36.4 Å². The van der Waals surface area contributed by atoms with E-state index >= 15 is 0 Å². The van der Waals surface area contributed by atoms with Crippen LogP contribution in [0.15, 0.2) is 59.7 Å². The van der Waals surface area contributed by atoms with Gasteiger partial charge in [0.25, 0.3) is 0 Å². The Balaban J connectivity index is 1.05. The SMILES string of the molecule is C1=CC2=C3C(=CCc4c(CNCCN5CCNCc6cccc(n6)CNCC5)ccc(c43)CC2)C1. The van der Waals surface area contributed by atoms with Gasteiger partial charge >= 0.3 is 0 Å². The van der Waals surface area contributed by atoms with Crippen molar-refractivity contribution in [3.8, 4) is 0 Å². The fraction of sp³-hybridized carbons (Fsp3) is 0.433. The molecule has 1 aliphatic heterocycles. The molecule has 1 aromatic carbocycles. The van der Waals surface area contributed by atoms with E-state index in [1.165, 1.54) is 18.4 Å². The number of aryl methyl sites for hydroxylation is 1. The summed E-state index contributed by atoms with van der Waals surface area (Å²) in [6.07, 6.45) is 11.8. The van der Waals surface area contributed by atoms with Crippen LogP contribution in [0.3, 0.4) is 0 Å². The molecule has 0 saturated carbocycles. The highest BCUT2D eigenvalue weighted by molar-refractivity contribution is 5.90. The second-order valence-corrected chi connectivity index (χ2v) is 10.2. The number of pyridine rings is 1. The Bertz CT molecular complexity index is 1150. The van der Waals surface area contributed by atoms with Gasteiger partial charge in [-0.3, -0.25) is 9.88 Å². The van der Waals surface area contributed by atoms with Crippen LogP contribution in [0.1, 0.15) is 46.5 Å². The van der Waals surface area contributed by atoms with Crippen molar-refractivity contribution >= 4 is 5.57 Å². The lowest BCUT2D eigenvalue weighted by Crippen LogP contribution is -2.40. The molecule has 0 spiro atoms. The Labute approximate surface area is 209 Å². The number of allylic oxidation sites excluding steroid dienone is 6. The average Bonchev–Trinajstić information content (AvgIpc) is 2.89. The van der Waals surface area contributed by atoms with Crippen LogP contribution >= 0.6 is 0 Å². The maximum Gasteiger partial charge on any atom is 0.0545 e. The summed E-state index contributed by atoms with van der Waals surface area (Å²) in [6, 6.07) is 11.1. The van der Waals surface area contributed by atoms with Crippen LogP contribution in [0.5, 0.6) is 0 Å². The number of hydrogen-bond donors (Lipinski definition) is 3. The van der Waals surface area contributed by atoms with Gasteiger partial charge < -0.3 is 16.0 Å². The lowest BCUT2D eigenvalue weighted by Gasteiger charge is -2.32. The van der Waals surface area contributed by atoms with Crippen molar-refractivity contribution in [2.75, 3.05) is 39.3 Å². The van der Waals surface area contributed by atoms with Gasteiger partial charge in [-0.25, -0.2) is 0 Å². The van der Waals surface area contributed by atoms with E-state index in [2.05, 4.69) is 69.4 Å². The van der Waals surface area contributed by atoms with Crippen LogP contribution in [0.2, 0.25) is 0 Å². The molecule has 0 amide bonds. The third kappa shape index (κ3) is 5.05. The Kier molecular flexibility index (Phi) is 6.92. The van der Waals surface area contributed by atoms with Crippen LogP contribution in [-0.2, 0) is 32.5 Å². The van der Waals surface area contributed by atoms with Gasteiger partial charge in [-0.15, -0.1) is 0 Å². The number of benzene rings is 1. The topological polar surface area (TPSA) is 52.2 Å². The Morgan fingerprint density at radius 1 is 0.943 bits per heavy atom. The first-order chi connectivity index (χ1) is 17.3. The molecule has 0 fully saturated rings. The number of rotatable bonds is 5. The second-order valence-electron chi connectivity index (χ2n) is 10.2. The van der Waals surface area contributed by atoms with Gasteiger partial charge in [0.15, 0.2) is 0 Å². The van der Waals surface area contributed by atoms with E-state index in [1.807, 2.05) is 0 Å². The smallest absolute Gasteiger partial charge is 0.0545 e. The number of nitrogens with one attached hydrogen (secondary N) is 3. The molecule has 3 aliphatic carbocycles. The summed E-state index contributed by atoms with van der Waals surface area (Å²) in [5, 5.41) is 10.9. The summed E-state index contributed by atoms with van der Waals surface area (Å²) in [6.45, 7) is 8.80. The van der Waals surface area contributed by atoms with E-state index in [4.69, 9.17) is 4.98 Å². The lowest BCUT2D eigenvalue weighted by molar-refractivity contribution is 0.270. The molecule has 0 saturated heterocycles. The predicted molar refractivity (Wildman–Crippen MR) is 143 cm³/mol. The first kappa shape index (κ1) is 22.9. The minimum absolute atomic E-state index is 0.838. The molecule has 2 bridgehead atoms. The molecule has 1 aromatic heterocycles. The summed E-state index contributed by atoms with van der Waals surface area (Å²) >= 11 is 0. The zero-order valence-electron chi connectivity index (χ0n) is 20.7. The molecule has 0 atom stereocenters. The Hall–Kier alpha value is -2.57. The van der Waals surface area contributed by atoms with Gasteiger partial charge in [-0.2, -0.15) is 0 Å². The summed E-state index contributed by atoms with van der Waals surface area (Å²) in [7, 11) is 0. The maximum absolute atomic E-state index is 4.72. The van der Waals surface area contributed by atoms with E-state index in [0.717, 1.165) is 83.1 Å². The van der Waals surface area contributed by atoms with Gasteiger partial charge in [0.05, 0.1) is 11.4 Å². The lowest BCUT2D eigenvalue weighted by atomic mass is 9.72. The molecular formula is C30H37N5. The predicted octanol–water partition coefficient (Wildman–Crippen LogP) is 3.51. The van der Waals surface area contributed by atoms with E-state index in [-0.39, 0.29) is 0 Å². The number of nitrogens with zero attached hydrogens (tertiary/aromatic N) is 2. The van der Waals surface area contributed by atoms with Crippen molar-refractivity contribution in [2.45, 2.75) is 45.3 Å². The second kappa shape index (κ2) is 10.6. The van der Waals surface area contributed by atoms with Crippen LogP contribution < -0.4 is 16.0 Å². The molecule has 2 aromatic rings. The average molecular weight is 468 g/mol. The zero-order valence-corrected chi connectivity index (χ0v) is 20.7. The molecule has 35 heavy (non-hydrogen) atoms. The molecule has 5 nitrogen and oxygen atoms in total. The number of hydrogen-bond acceptors (Lipinski definition) is 5. The minimum atomic E-state index is 0.838. The Morgan fingerprint density at radius 3 is 2.60 bits per heavy atom. The fourth-order valence-electron chi connectivity index (χ4n) is 6.02. The molecule has 0 radical (unpaired) electrons. The van der Waals surface area contributed by atoms with Crippen LogP contribution in [0.4, 0.5) is 0 Å². The third-order valence-corrected chi connectivity index (χ3v) is 7.87. The summed E-state index contributed by atoms with van der Waals surface area (Å²) in [5.41, 5.74) is 13.1. The number of fused-ring (bicyclic) bond motifs is 2. The van der Waals surface area contributed by atoms with Gasteiger partial charge in [0.1, 0.15) is 0 Å². The first-order valence-corrected chi connectivity index (χ1v) is 13.4. The van der Waals surface area contributed by atoms with Crippen molar-refractivity contribution in [3.05, 3.63) is 93.3 Å². The highest BCUT2D eigenvalue weighted by Crippen LogP contribution is 2.45. The monoisotopic (exact) mass is 467 g/mol. The Morgan fingerprint density at radius 2 is 1.77 bits per heavy atom. The van der Waals surface area contributed by atoms with Gasteiger partial charge in [0, 0.05) is 58.9 Å².